The Morgan fingerprint density at radius 2 is 2.00 bits per heavy atom. The lowest BCUT2D eigenvalue weighted by Crippen LogP contribution is -2.38. The Bertz CT molecular complexity index is 457. The van der Waals surface area contributed by atoms with Crippen LogP contribution in [0.1, 0.15) is 19.0 Å². The molecule has 1 heterocycles. The van der Waals surface area contributed by atoms with Crippen LogP contribution in [-0.4, -0.2) is 52.2 Å². The van der Waals surface area contributed by atoms with Crippen molar-refractivity contribution in [1.29, 1.82) is 0 Å². The highest BCUT2D eigenvalue weighted by molar-refractivity contribution is 5.41. The van der Waals surface area contributed by atoms with Crippen molar-refractivity contribution in [3.8, 4) is 0 Å². The predicted octanol–water partition coefficient (Wildman–Crippen LogP) is 1.29. The SMILES string of the molecule is CCc1ncnc(N(CCC(F)(F)F)C[C@H](O)CO)c1F. The minimum absolute atomic E-state index is 0.0792. The molecule has 0 spiro atoms. The van der Waals surface area contributed by atoms with Crippen molar-refractivity contribution in [2.24, 2.45) is 0 Å². The van der Waals surface area contributed by atoms with E-state index in [1.807, 2.05) is 0 Å². The molecular formula is C12H17F4N3O2. The number of aliphatic hydroxyl groups excluding tert-OH is 2. The molecule has 0 bridgehead atoms. The number of aliphatic hydroxyl groups is 2. The van der Waals surface area contributed by atoms with Gasteiger partial charge in [-0.2, -0.15) is 13.2 Å². The van der Waals surface area contributed by atoms with Gasteiger partial charge in [0.15, 0.2) is 11.6 Å². The average Bonchev–Trinajstić information content (AvgIpc) is 2.42. The standard InChI is InChI=1S/C12H17F4N3O2/c1-2-9-10(13)11(18-7-17-9)19(5-8(21)6-20)4-3-12(14,15)16/h7-8,20-21H,2-6H2,1H3/t8-/m0/s1. The zero-order chi connectivity index (χ0) is 16.0. The molecule has 0 aliphatic carbocycles. The topological polar surface area (TPSA) is 69.5 Å². The van der Waals surface area contributed by atoms with Crippen LogP contribution in [0.15, 0.2) is 6.33 Å². The second-order valence-electron chi connectivity index (χ2n) is 4.46. The maximum atomic E-state index is 14.1. The van der Waals surface area contributed by atoms with E-state index in [0.717, 1.165) is 11.2 Å². The van der Waals surface area contributed by atoms with Crippen molar-refractivity contribution in [1.82, 2.24) is 9.97 Å². The molecule has 0 aliphatic heterocycles. The number of aromatic nitrogens is 2. The number of halogens is 4. The molecule has 0 saturated carbocycles. The van der Waals surface area contributed by atoms with Gasteiger partial charge in [0, 0.05) is 13.1 Å². The van der Waals surface area contributed by atoms with Crippen LogP contribution in [0.2, 0.25) is 0 Å². The van der Waals surface area contributed by atoms with E-state index in [2.05, 4.69) is 9.97 Å². The van der Waals surface area contributed by atoms with E-state index in [1.165, 1.54) is 0 Å². The Hall–Kier alpha value is -1.48. The maximum Gasteiger partial charge on any atom is 0.390 e. The lowest BCUT2D eigenvalue weighted by atomic mass is 10.2. The van der Waals surface area contributed by atoms with Crippen molar-refractivity contribution in [3.63, 3.8) is 0 Å². The van der Waals surface area contributed by atoms with Crippen molar-refractivity contribution in [2.75, 3.05) is 24.6 Å². The first-order valence-electron chi connectivity index (χ1n) is 6.38. The third kappa shape index (κ3) is 5.43. The zero-order valence-electron chi connectivity index (χ0n) is 11.4. The Balaban J connectivity index is 2.99. The van der Waals surface area contributed by atoms with Gasteiger partial charge in [0.25, 0.3) is 0 Å². The Morgan fingerprint density at radius 1 is 1.33 bits per heavy atom. The minimum atomic E-state index is -4.42. The highest BCUT2D eigenvalue weighted by Crippen LogP contribution is 2.24. The van der Waals surface area contributed by atoms with Gasteiger partial charge in [-0.1, -0.05) is 6.92 Å². The molecule has 21 heavy (non-hydrogen) atoms. The van der Waals surface area contributed by atoms with Crippen LogP contribution >= 0.6 is 0 Å². The van der Waals surface area contributed by atoms with E-state index in [9.17, 15) is 22.7 Å². The molecular weight excluding hydrogens is 294 g/mol. The van der Waals surface area contributed by atoms with Gasteiger partial charge in [0.2, 0.25) is 0 Å². The average molecular weight is 311 g/mol. The third-order valence-electron chi connectivity index (χ3n) is 2.78. The number of nitrogens with zero attached hydrogens (tertiary/aromatic N) is 3. The number of hydrogen-bond donors (Lipinski definition) is 2. The summed E-state index contributed by atoms with van der Waals surface area (Å²) < 4.78 is 51.1. The highest BCUT2D eigenvalue weighted by Gasteiger charge is 2.29. The van der Waals surface area contributed by atoms with E-state index in [-0.39, 0.29) is 24.5 Å². The summed E-state index contributed by atoms with van der Waals surface area (Å²) in [5.74, 6) is -1.12. The fourth-order valence-corrected chi connectivity index (χ4v) is 1.72. The molecule has 1 aromatic rings. The van der Waals surface area contributed by atoms with Gasteiger partial charge < -0.3 is 15.1 Å². The zero-order valence-corrected chi connectivity index (χ0v) is 11.4. The van der Waals surface area contributed by atoms with E-state index < -0.39 is 37.7 Å². The summed E-state index contributed by atoms with van der Waals surface area (Å²) in [6.45, 7) is 0.0784. The first-order valence-corrected chi connectivity index (χ1v) is 6.38. The molecule has 9 heteroatoms. The van der Waals surface area contributed by atoms with Gasteiger partial charge in [0.05, 0.1) is 24.8 Å². The van der Waals surface area contributed by atoms with E-state index >= 15 is 0 Å². The second-order valence-corrected chi connectivity index (χ2v) is 4.46. The van der Waals surface area contributed by atoms with Gasteiger partial charge in [-0.05, 0) is 6.42 Å². The predicted molar refractivity (Wildman–Crippen MR) is 67.3 cm³/mol. The summed E-state index contributed by atoms with van der Waals surface area (Å²) in [7, 11) is 0. The summed E-state index contributed by atoms with van der Waals surface area (Å²) in [5, 5.41) is 18.2. The van der Waals surface area contributed by atoms with Crippen LogP contribution in [0.25, 0.3) is 0 Å². The van der Waals surface area contributed by atoms with Crippen molar-refractivity contribution >= 4 is 5.82 Å². The maximum absolute atomic E-state index is 14.1. The number of anilines is 1. The van der Waals surface area contributed by atoms with E-state index in [0.29, 0.717) is 0 Å². The van der Waals surface area contributed by atoms with Crippen molar-refractivity contribution < 1.29 is 27.8 Å². The van der Waals surface area contributed by atoms with E-state index in [4.69, 9.17) is 5.11 Å². The van der Waals surface area contributed by atoms with Gasteiger partial charge >= 0.3 is 6.18 Å². The summed E-state index contributed by atoms with van der Waals surface area (Å²) >= 11 is 0. The Morgan fingerprint density at radius 3 is 2.52 bits per heavy atom. The normalized spacial score (nSPS) is 13.3. The molecule has 0 amide bonds. The molecule has 0 unspecified atom stereocenters. The second kappa shape index (κ2) is 7.51. The highest BCUT2D eigenvalue weighted by atomic mass is 19.4. The van der Waals surface area contributed by atoms with Crippen molar-refractivity contribution in [3.05, 3.63) is 17.8 Å². The van der Waals surface area contributed by atoms with Crippen molar-refractivity contribution in [2.45, 2.75) is 32.0 Å². The number of aryl methyl sites for hydroxylation is 1. The molecule has 0 aliphatic rings. The molecule has 120 valence electrons. The molecule has 0 saturated heterocycles. The monoisotopic (exact) mass is 311 g/mol. The molecule has 2 N–H and O–H groups in total. The summed E-state index contributed by atoms with van der Waals surface area (Å²) in [5.41, 5.74) is 0.0792. The first kappa shape index (κ1) is 17.6. The van der Waals surface area contributed by atoms with Gasteiger partial charge in [-0.15, -0.1) is 0 Å². The summed E-state index contributed by atoms with van der Waals surface area (Å²) in [6, 6.07) is 0. The quantitative estimate of drug-likeness (QED) is 0.743. The fraction of sp³-hybridized carbons (Fsp3) is 0.667. The number of rotatable bonds is 7. The molecule has 0 radical (unpaired) electrons. The smallest absolute Gasteiger partial charge is 0.390 e. The Kier molecular flexibility index (Phi) is 6.28. The van der Waals surface area contributed by atoms with Crippen LogP contribution in [-0.2, 0) is 6.42 Å². The molecule has 1 aromatic heterocycles. The van der Waals surface area contributed by atoms with E-state index in [1.54, 1.807) is 6.92 Å². The largest absolute Gasteiger partial charge is 0.394 e. The van der Waals surface area contributed by atoms with Gasteiger partial charge in [-0.25, -0.2) is 14.4 Å². The number of alkyl halides is 3. The van der Waals surface area contributed by atoms with Crippen LogP contribution in [0.3, 0.4) is 0 Å². The number of hydrogen-bond acceptors (Lipinski definition) is 5. The third-order valence-corrected chi connectivity index (χ3v) is 2.78. The van der Waals surface area contributed by atoms with Crippen LogP contribution in [0.4, 0.5) is 23.4 Å². The minimum Gasteiger partial charge on any atom is -0.394 e. The molecule has 1 rings (SSSR count). The molecule has 1 atom stereocenters. The summed E-state index contributed by atoms with van der Waals surface area (Å²) in [4.78, 5) is 8.32. The Labute approximate surface area is 119 Å². The van der Waals surface area contributed by atoms with Crippen LogP contribution in [0, 0.1) is 5.82 Å². The first-order chi connectivity index (χ1) is 9.78. The van der Waals surface area contributed by atoms with Crippen LogP contribution in [0.5, 0.6) is 0 Å². The lowest BCUT2D eigenvalue weighted by molar-refractivity contribution is -0.132. The van der Waals surface area contributed by atoms with Gasteiger partial charge in [0.1, 0.15) is 6.33 Å². The molecule has 0 fully saturated rings. The lowest BCUT2D eigenvalue weighted by Gasteiger charge is -2.26. The van der Waals surface area contributed by atoms with Crippen LogP contribution < -0.4 is 4.90 Å². The summed E-state index contributed by atoms with van der Waals surface area (Å²) in [6.07, 6.45) is -5.58. The molecule has 0 aromatic carbocycles. The van der Waals surface area contributed by atoms with Gasteiger partial charge in [-0.3, -0.25) is 0 Å². The fourth-order valence-electron chi connectivity index (χ4n) is 1.72. The molecule has 5 nitrogen and oxygen atoms in total.